The Morgan fingerprint density at radius 1 is 1.17 bits per heavy atom. The molecule has 3 rings (SSSR count). The van der Waals surface area contributed by atoms with Gasteiger partial charge in [-0.2, -0.15) is 0 Å². The number of carbonyl (C=O) groups is 1. The maximum atomic E-state index is 12.2. The van der Waals surface area contributed by atoms with Gasteiger partial charge in [-0.25, -0.2) is 0 Å². The number of hydrogen-bond donors (Lipinski definition) is 1. The summed E-state index contributed by atoms with van der Waals surface area (Å²) in [4.78, 5) is 14.1. The molecule has 0 bridgehead atoms. The van der Waals surface area contributed by atoms with E-state index in [1.807, 2.05) is 42.3 Å². The van der Waals surface area contributed by atoms with Crippen molar-refractivity contribution in [1.29, 1.82) is 0 Å². The molecule has 1 N–H and O–H groups in total. The van der Waals surface area contributed by atoms with Crippen LogP contribution in [-0.4, -0.2) is 32.7 Å². The quantitative estimate of drug-likeness (QED) is 0.934. The van der Waals surface area contributed by atoms with Crippen LogP contribution in [0, 0.1) is 0 Å². The maximum Gasteiger partial charge on any atom is 0.243 e. The number of ether oxygens (including phenoxy) is 2. The van der Waals surface area contributed by atoms with Crippen molar-refractivity contribution in [3.8, 4) is 11.5 Å². The molecule has 0 aromatic heterocycles. The average Bonchev–Trinajstić information content (AvgIpc) is 2.56. The van der Waals surface area contributed by atoms with Crippen molar-refractivity contribution in [3.05, 3.63) is 47.5 Å². The molecule has 1 heterocycles. The highest BCUT2D eigenvalue weighted by Gasteiger charge is 2.17. The fourth-order valence-corrected chi connectivity index (χ4v) is 2.54. The lowest BCUT2D eigenvalue weighted by molar-refractivity contribution is -0.114. The highest BCUT2D eigenvalue weighted by Crippen LogP contribution is 2.37. The van der Waals surface area contributed by atoms with Gasteiger partial charge >= 0.3 is 0 Å². The first kappa shape index (κ1) is 15.5. The van der Waals surface area contributed by atoms with Crippen LogP contribution in [0.4, 0.5) is 11.4 Å². The minimum Gasteiger partial charge on any atom is -0.486 e. The van der Waals surface area contributed by atoms with Crippen LogP contribution in [0.15, 0.2) is 42.5 Å². The zero-order chi connectivity index (χ0) is 16.2. The number of fused-ring (bicyclic) bond motifs is 1. The number of para-hydroxylation sites is 1. The van der Waals surface area contributed by atoms with Gasteiger partial charge in [0.15, 0.2) is 11.5 Å². The number of rotatable bonds is 4. The van der Waals surface area contributed by atoms with Crippen molar-refractivity contribution < 1.29 is 14.3 Å². The molecule has 1 amide bonds. The molecule has 0 unspecified atom stereocenters. The Morgan fingerprint density at radius 3 is 2.52 bits per heavy atom. The summed E-state index contributed by atoms with van der Waals surface area (Å²) in [6.45, 7) is 1.20. The summed E-state index contributed by atoms with van der Waals surface area (Å²) in [7, 11) is 1.86. The van der Waals surface area contributed by atoms with Gasteiger partial charge < -0.3 is 19.7 Å². The number of hydrogen-bond acceptors (Lipinski definition) is 4. The number of anilines is 2. The van der Waals surface area contributed by atoms with E-state index in [1.165, 1.54) is 0 Å². The number of halogens is 1. The number of likely N-dealkylation sites (N-methyl/N-ethyl adjacent to an activating group) is 1. The lowest BCUT2D eigenvalue weighted by atomic mass is 10.2. The Morgan fingerprint density at radius 2 is 1.83 bits per heavy atom. The minimum atomic E-state index is -0.157. The zero-order valence-electron chi connectivity index (χ0n) is 12.7. The van der Waals surface area contributed by atoms with E-state index in [0.717, 1.165) is 5.69 Å². The molecule has 120 valence electrons. The monoisotopic (exact) mass is 332 g/mol. The Bertz CT molecular complexity index is 706. The van der Waals surface area contributed by atoms with Gasteiger partial charge in [0.2, 0.25) is 5.91 Å². The molecule has 23 heavy (non-hydrogen) atoms. The lowest BCUT2D eigenvalue weighted by Gasteiger charge is -2.21. The summed E-state index contributed by atoms with van der Waals surface area (Å²) in [5.74, 6) is 1.03. The van der Waals surface area contributed by atoms with E-state index >= 15 is 0 Å². The number of amides is 1. The van der Waals surface area contributed by atoms with Crippen LogP contribution in [0.2, 0.25) is 5.02 Å². The van der Waals surface area contributed by atoms with Crippen molar-refractivity contribution in [2.24, 2.45) is 0 Å². The number of nitrogens with zero attached hydrogens (tertiary/aromatic N) is 1. The largest absolute Gasteiger partial charge is 0.486 e. The summed E-state index contributed by atoms with van der Waals surface area (Å²) < 4.78 is 11.0. The third-order valence-electron chi connectivity index (χ3n) is 3.48. The Balaban J connectivity index is 1.68. The second-order valence-electron chi connectivity index (χ2n) is 5.22. The van der Waals surface area contributed by atoms with E-state index in [0.29, 0.717) is 35.4 Å². The highest BCUT2D eigenvalue weighted by molar-refractivity contribution is 6.34. The molecule has 6 heteroatoms. The normalized spacial score (nSPS) is 12.6. The smallest absolute Gasteiger partial charge is 0.243 e. The fraction of sp³-hybridized carbons (Fsp3) is 0.235. The molecule has 0 fully saturated rings. The van der Waals surface area contributed by atoms with Gasteiger partial charge in [0.05, 0.1) is 17.3 Å². The van der Waals surface area contributed by atoms with Crippen LogP contribution >= 0.6 is 11.6 Å². The number of benzene rings is 2. The molecule has 2 aromatic carbocycles. The van der Waals surface area contributed by atoms with E-state index < -0.39 is 0 Å². The molecular formula is C17H17ClN2O3. The SMILES string of the molecule is CN(CC(=O)Nc1cc2c(cc1Cl)OCCO2)c1ccccc1. The fourth-order valence-electron chi connectivity index (χ4n) is 2.34. The molecule has 0 atom stereocenters. The minimum absolute atomic E-state index is 0.157. The van der Waals surface area contributed by atoms with Crippen molar-refractivity contribution in [2.75, 3.05) is 37.0 Å². The molecule has 5 nitrogen and oxygen atoms in total. The summed E-state index contributed by atoms with van der Waals surface area (Å²) >= 11 is 6.19. The third kappa shape index (κ3) is 3.68. The van der Waals surface area contributed by atoms with Crippen LogP contribution in [0.5, 0.6) is 11.5 Å². The van der Waals surface area contributed by atoms with Gasteiger partial charge in [-0.3, -0.25) is 4.79 Å². The molecule has 2 aromatic rings. The van der Waals surface area contributed by atoms with E-state index in [-0.39, 0.29) is 12.5 Å². The molecule has 1 aliphatic heterocycles. The zero-order valence-corrected chi connectivity index (χ0v) is 13.5. The van der Waals surface area contributed by atoms with Crippen molar-refractivity contribution in [1.82, 2.24) is 0 Å². The predicted octanol–water partition coefficient (Wildman–Crippen LogP) is 3.19. The molecule has 0 saturated carbocycles. The Labute approximate surface area is 139 Å². The van der Waals surface area contributed by atoms with Gasteiger partial charge in [-0.15, -0.1) is 0 Å². The van der Waals surface area contributed by atoms with Gasteiger partial charge in [-0.1, -0.05) is 29.8 Å². The molecule has 0 spiro atoms. The Kier molecular flexibility index (Phi) is 4.57. The van der Waals surface area contributed by atoms with Crippen LogP contribution in [-0.2, 0) is 4.79 Å². The summed E-state index contributed by atoms with van der Waals surface area (Å²) in [6.07, 6.45) is 0. The van der Waals surface area contributed by atoms with Crippen molar-refractivity contribution in [2.45, 2.75) is 0 Å². The average molecular weight is 333 g/mol. The van der Waals surface area contributed by atoms with E-state index in [9.17, 15) is 4.79 Å². The predicted molar refractivity (Wildman–Crippen MR) is 90.8 cm³/mol. The molecular weight excluding hydrogens is 316 g/mol. The van der Waals surface area contributed by atoms with Gasteiger partial charge in [0.25, 0.3) is 0 Å². The number of carbonyl (C=O) groups excluding carboxylic acids is 1. The van der Waals surface area contributed by atoms with Crippen LogP contribution in [0.1, 0.15) is 0 Å². The van der Waals surface area contributed by atoms with E-state index in [1.54, 1.807) is 12.1 Å². The first-order valence-corrected chi connectivity index (χ1v) is 7.66. The molecule has 1 aliphatic rings. The first-order valence-electron chi connectivity index (χ1n) is 7.28. The lowest BCUT2D eigenvalue weighted by Crippen LogP contribution is -2.30. The van der Waals surface area contributed by atoms with Gasteiger partial charge in [0.1, 0.15) is 13.2 Å². The van der Waals surface area contributed by atoms with E-state index in [2.05, 4.69) is 5.32 Å². The topological polar surface area (TPSA) is 50.8 Å². The van der Waals surface area contributed by atoms with Crippen LogP contribution in [0.25, 0.3) is 0 Å². The van der Waals surface area contributed by atoms with Crippen LogP contribution < -0.4 is 19.7 Å². The first-order chi connectivity index (χ1) is 11.1. The molecule has 0 aliphatic carbocycles. The Hall–Kier alpha value is -2.40. The highest BCUT2D eigenvalue weighted by atomic mass is 35.5. The summed E-state index contributed by atoms with van der Waals surface area (Å²) in [5, 5.41) is 3.23. The van der Waals surface area contributed by atoms with E-state index in [4.69, 9.17) is 21.1 Å². The van der Waals surface area contributed by atoms with Crippen molar-refractivity contribution >= 4 is 28.9 Å². The second kappa shape index (κ2) is 6.79. The maximum absolute atomic E-state index is 12.2. The van der Waals surface area contributed by atoms with Gasteiger partial charge in [0, 0.05) is 24.9 Å². The standard InChI is InChI=1S/C17H17ClN2O3/c1-20(12-5-3-2-4-6-12)11-17(21)19-14-10-16-15(9-13(14)18)22-7-8-23-16/h2-6,9-10H,7-8,11H2,1H3,(H,19,21). The number of nitrogens with one attached hydrogen (secondary N) is 1. The second-order valence-corrected chi connectivity index (χ2v) is 5.62. The van der Waals surface area contributed by atoms with Crippen molar-refractivity contribution in [3.63, 3.8) is 0 Å². The molecule has 0 saturated heterocycles. The van der Waals surface area contributed by atoms with Crippen LogP contribution in [0.3, 0.4) is 0 Å². The van der Waals surface area contributed by atoms with Gasteiger partial charge in [-0.05, 0) is 12.1 Å². The summed E-state index contributed by atoms with van der Waals surface area (Å²) in [5.41, 5.74) is 1.48. The summed E-state index contributed by atoms with van der Waals surface area (Å²) in [6, 6.07) is 13.0. The third-order valence-corrected chi connectivity index (χ3v) is 3.80. The molecule has 0 radical (unpaired) electrons.